The zero-order chi connectivity index (χ0) is 18.9. The van der Waals surface area contributed by atoms with Gasteiger partial charge in [0.25, 0.3) is 5.56 Å². The fourth-order valence-corrected chi connectivity index (χ4v) is 5.17. The van der Waals surface area contributed by atoms with Crippen molar-refractivity contribution in [2.45, 2.75) is 32.2 Å². The van der Waals surface area contributed by atoms with Crippen molar-refractivity contribution in [2.24, 2.45) is 0 Å². The fourth-order valence-electron chi connectivity index (χ4n) is 3.92. The molecule has 2 aromatic carbocycles. The number of anilines is 1. The van der Waals surface area contributed by atoms with Gasteiger partial charge in [-0.3, -0.25) is 4.79 Å². The maximum atomic E-state index is 13.6. The quantitative estimate of drug-likeness (QED) is 0.540. The van der Waals surface area contributed by atoms with E-state index in [0.29, 0.717) is 12.5 Å². The summed E-state index contributed by atoms with van der Waals surface area (Å²) in [5.41, 5.74) is 3.25. The number of aryl methyl sites for hydroxylation is 2. The molecule has 0 saturated carbocycles. The second-order valence-corrected chi connectivity index (χ2v) is 8.23. The first-order valence-electron chi connectivity index (χ1n) is 9.72. The van der Waals surface area contributed by atoms with Crippen molar-refractivity contribution in [1.29, 1.82) is 0 Å². The van der Waals surface area contributed by atoms with Crippen molar-refractivity contribution in [3.63, 3.8) is 0 Å². The minimum absolute atomic E-state index is 0.0335. The monoisotopic (exact) mass is 387 g/mol. The van der Waals surface area contributed by atoms with Crippen molar-refractivity contribution in [1.82, 2.24) is 9.55 Å². The van der Waals surface area contributed by atoms with Crippen LogP contribution >= 0.6 is 11.3 Å². The number of nitrogens with zero attached hydrogens (tertiary/aromatic N) is 2. The van der Waals surface area contributed by atoms with E-state index in [4.69, 9.17) is 4.98 Å². The van der Waals surface area contributed by atoms with Crippen molar-refractivity contribution < 1.29 is 0 Å². The molecule has 1 aliphatic rings. The lowest BCUT2D eigenvalue weighted by molar-refractivity contribution is 0.699. The molecule has 0 spiro atoms. The van der Waals surface area contributed by atoms with Gasteiger partial charge in [-0.05, 0) is 48.9 Å². The van der Waals surface area contributed by atoms with Gasteiger partial charge in [0.1, 0.15) is 4.83 Å². The van der Waals surface area contributed by atoms with Gasteiger partial charge in [0.15, 0.2) is 0 Å². The Morgan fingerprint density at radius 2 is 1.68 bits per heavy atom. The molecule has 0 atom stereocenters. The van der Waals surface area contributed by atoms with Crippen molar-refractivity contribution in [2.75, 3.05) is 5.32 Å². The molecule has 1 aliphatic carbocycles. The summed E-state index contributed by atoms with van der Waals surface area (Å²) in [6.45, 7) is 0.622. The third kappa shape index (κ3) is 3.02. The molecular weight excluding hydrogens is 366 g/mol. The number of benzene rings is 2. The smallest absolute Gasteiger partial charge is 0.268 e. The Bertz CT molecular complexity index is 1180. The average molecular weight is 388 g/mol. The number of nitrogens with one attached hydrogen (secondary N) is 1. The molecule has 0 aliphatic heterocycles. The minimum Gasteiger partial charge on any atom is -0.351 e. The summed E-state index contributed by atoms with van der Waals surface area (Å²) in [6, 6.07) is 20.0. The SMILES string of the molecule is O=c1c2c3c(sc2nc(NCc2ccccc2)n1-c1ccccc1)CCCC3. The van der Waals surface area contributed by atoms with E-state index >= 15 is 0 Å². The number of hydrogen-bond acceptors (Lipinski definition) is 4. The van der Waals surface area contributed by atoms with E-state index in [9.17, 15) is 4.79 Å². The predicted molar refractivity (Wildman–Crippen MR) is 116 cm³/mol. The van der Waals surface area contributed by atoms with E-state index in [1.165, 1.54) is 16.9 Å². The first-order chi connectivity index (χ1) is 13.8. The van der Waals surface area contributed by atoms with E-state index in [2.05, 4.69) is 17.4 Å². The normalized spacial score (nSPS) is 13.4. The van der Waals surface area contributed by atoms with Crippen LogP contribution < -0.4 is 10.9 Å². The average Bonchev–Trinajstić information content (AvgIpc) is 3.12. The number of hydrogen-bond donors (Lipinski definition) is 1. The Morgan fingerprint density at radius 1 is 0.964 bits per heavy atom. The van der Waals surface area contributed by atoms with Crippen molar-refractivity contribution in [3.05, 3.63) is 87.0 Å². The Morgan fingerprint density at radius 3 is 2.46 bits per heavy atom. The van der Waals surface area contributed by atoms with Gasteiger partial charge < -0.3 is 5.32 Å². The van der Waals surface area contributed by atoms with Crippen LogP contribution in [0, 0.1) is 0 Å². The topological polar surface area (TPSA) is 46.9 Å². The first kappa shape index (κ1) is 17.2. The molecule has 0 amide bonds. The van der Waals surface area contributed by atoms with Gasteiger partial charge in [-0.15, -0.1) is 11.3 Å². The standard InChI is InChI=1S/C23H21N3OS/c27-22-20-18-13-7-8-14-19(18)28-21(20)25-23(24-15-16-9-3-1-4-10-16)26(22)17-11-5-2-6-12-17/h1-6,9-12H,7-8,13-15H2,(H,24,25). The molecule has 28 heavy (non-hydrogen) atoms. The Kier molecular flexibility index (Phi) is 4.45. The second-order valence-electron chi connectivity index (χ2n) is 7.14. The maximum absolute atomic E-state index is 13.6. The van der Waals surface area contributed by atoms with Gasteiger partial charge in [0.05, 0.1) is 11.1 Å². The van der Waals surface area contributed by atoms with Crippen LogP contribution in [0.2, 0.25) is 0 Å². The van der Waals surface area contributed by atoms with Crippen LogP contribution in [0.15, 0.2) is 65.5 Å². The fraction of sp³-hybridized carbons (Fsp3) is 0.217. The summed E-state index contributed by atoms with van der Waals surface area (Å²) in [6.07, 6.45) is 4.40. The van der Waals surface area contributed by atoms with Gasteiger partial charge in [0.2, 0.25) is 5.95 Å². The van der Waals surface area contributed by atoms with Gasteiger partial charge in [-0.25, -0.2) is 9.55 Å². The van der Waals surface area contributed by atoms with Crippen LogP contribution in [0.25, 0.3) is 15.9 Å². The van der Waals surface area contributed by atoms with E-state index in [0.717, 1.165) is 40.7 Å². The van der Waals surface area contributed by atoms with Gasteiger partial charge in [0, 0.05) is 11.4 Å². The van der Waals surface area contributed by atoms with Gasteiger partial charge >= 0.3 is 0 Å². The number of thiophene rings is 1. The summed E-state index contributed by atoms with van der Waals surface area (Å²) in [4.78, 5) is 20.7. The predicted octanol–water partition coefficient (Wildman–Crippen LogP) is 4.94. The highest BCUT2D eigenvalue weighted by Gasteiger charge is 2.22. The molecule has 0 unspecified atom stereocenters. The molecule has 2 aromatic heterocycles. The van der Waals surface area contributed by atoms with E-state index in [1.54, 1.807) is 15.9 Å². The Balaban J connectivity index is 1.68. The van der Waals surface area contributed by atoms with Gasteiger partial charge in [-0.2, -0.15) is 0 Å². The van der Waals surface area contributed by atoms with Crippen LogP contribution in [0.5, 0.6) is 0 Å². The van der Waals surface area contributed by atoms with Gasteiger partial charge in [-0.1, -0.05) is 48.5 Å². The van der Waals surface area contributed by atoms with E-state index < -0.39 is 0 Å². The van der Waals surface area contributed by atoms with Crippen LogP contribution in [0.3, 0.4) is 0 Å². The van der Waals surface area contributed by atoms with E-state index in [-0.39, 0.29) is 5.56 Å². The highest BCUT2D eigenvalue weighted by atomic mass is 32.1. The Labute approximate surface area is 167 Å². The van der Waals surface area contributed by atoms with Crippen molar-refractivity contribution >= 4 is 27.5 Å². The highest BCUT2D eigenvalue weighted by molar-refractivity contribution is 7.18. The second kappa shape index (κ2) is 7.24. The first-order valence-corrected chi connectivity index (χ1v) is 10.5. The molecule has 140 valence electrons. The van der Waals surface area contributed by atoms with Crippen LogP contribution in [-0.2, 0) is 19.4 Å². The summed E-state index contributed by atoms with van der Waals surface area (Å²) in [5.74, 6) is 0.603. The van der Waals surface area contributed by atoms with Crippen molar-refractivity contribution in [3.8, 4) is 5.69 Å². The largest absolute Gasteiger partial charge is 0.351 e. The van der Waals surface area contributed by atoms with Crippen LogP contribution in [0.4, 0.5) is 5.95 Å². The molecule has 4 aromatic rings. The molecule has 0 bridgehead atoms. The molecule has 0 saturated heterocycles. The molecule has 2 heterocycles. The van der Waals surface area contributed by atoms with E-state index in [1.807, 2.05) is 48.5 Å². The maximum Gasteiger partial charge on any atom is 0.268 e. The summed E-state index contributed by atoms with van der Waals surface area (Å²) in [5, 5.41) is 4.21. The van der Waals surface area contributed by atoms with Crippen LogP contribution in [0.1, 0.15) is 28.8 Å². The lowest BCUT2D eigenvalue weighted by Crippen LogP contribution is -2.24. The number of rotatable bonds is 4. The molecule has 5 rings (SSSR count). The molecule has 4 nitrogen and oxygen atoms in total. The molecule has 1 N–H and O–H groups in total. The molecular formula is C23H21N3OS. The minimum atomic E-state index is 0.0335. The summed E-state index contributed by atoms with van der Waals surface area (Å²) >= 11 is 1.69. The molecule has 0 fully saturated rings. The number of fused-ring (bicyclic) bond motifs is 3. The number of aromatic nitrogens is 2. The lowest BCUT2D eigenvalue weighted by atomic mass is 9.97. The summed E-state index contributed by atoms with van der Waals surface area (Å²) < 4.78 is 1.73. The molecule has 0 radical (unpaired) electrons. The summed E-state index contributed by atoms with van der Waals surface area (Å²) in [7, 11) is 0. The zero-order valence-electron chi connectivity index (χ0n) is 15.5. The third-order valence-corrected chi connectivity index (χ3v) is 6.48. The third-order valence-electron chi connectivity index (χ3n) is 5.30. The van der Waals surface area contributed by atoms with Crippen LogP contribution in [-0.4, -0.2) is 9.55 Å². The zero-order valence-corrected chi connectivity index (χ0v) is 16.3. The molecule has 5 heteroatoms. The Hall–Kier alpha value is -2.92. The highest BCUT2D eigenvalue weighted by Crippen LogP contribution is 2.34. The number of para-hydroxylation sites is 1. The lowest BCUT2D eigenvalue weighted by Gasteiger charge is -2.15.